The molecule has 0 bridgehead atoms. The summed E-state index contributed by atoms with van der Waals surface area (Å²) in [4.78, 5) is 13.3. The molecule has 42 heavy (non-hydrogen) atoms. The van der Waals surface area contributed by atoms with Gasteiger partial charge in [-0.3, -0.25) is 4.79 Å². The number of ether oxygens (including phenoxy) is 2. The number of hydrogen-bond acceptors (Lipinski definition) is 5. The standard InChI is InChI=1S/C31H26F3N3O3.2ClH/c32-21-5-1-18(2-6-21)26-13-22(7-10-30(26)40-24-16-36-17-24)37-31(38)20-4-9-29(39-23-14-35-15-23)25(11-20)19-3-8-27(33)28(34)12-19;;/h1-13,23-24,35-36H,14-17H2,(H,37,38);2*1H. The van der Waals surface area contributed by atoms with Crippen LogP contribution in [0.3, 0.4) is 0 Å². The molecule has 0 saturated carbocycles. The van der Waals surface area contributed by atoms with Crippen molar-refractivity contribution >= 4 is 36.4 Å². The minimum Gasteiger partial charge on any atom is -0.487 e. The number of nitrogens with one attached hydrogen (secondary N) is 3. The number of carbonyl (C=O) groups is 1. The highest BCUT2D eigenvalue weighted by molar-refractivity contribution is 6.05. The molecular formula is C31H28Cl2F3N3O3. The summed E-state index contributed by atoms with van der Waals surface area (Å²) >= 11 is 0. The molecule has 2 aliphatic heterocycles. The molecule has 220 valence electrons. The van der Waals surface area contributed by atoms with Crippen molar-refractivity contribution in [2.24, 2.45) is 0 Å². The maximum absolute atomic E-state index is 14.1. The Kier molecular flexibility index (Phi) is 10.0. The van der Waals surface area contributed by atoms with Crippen molar-refractivity contribution in [3.63, 3.8) is 0 Å². The number of carbonyl (C=O) groups excluding carboxylic acids is 1. The van der Waals surface area contributed by atoms with Crippen LogP contribution in [0.15, 0.2) is 78.9 Å². The molecule has 0 unspecified atom stereocenters. The Labute approximate surface area is 253 Å². The Morgan fingerprint density at radius 3 is 1.81 bits per heavy atom. The third kappa shape index (κ3) is 6.82. The van der Waals surface area contributed by atoms with Gasteiger partial charge in [-0.15, -0.1) is 24.8 Å². The number of rotatable bonds is 8. The van der Waals surface area contributed by atoms with Gasteiger partial charge in [-0.2, -0.15) is 0 Å². The van der Waals surface area contributed by atoms with E-state index in [9.17, 15) is 18.0 Å². The molecule has 2 heterocycles. The van der Waals surface area contributed by atoms with Crippen molar-refractivity contribution in [2.75, 3.05) is 31.5 Å². The first kappa shape index (κ1) is 31.2. The van der Waals surface area contributed by atoms with E-state index in [1.165, 1.54) is 18.2 Å². The van der Waals surface area contributed by atoms with Crippen LogP contribution in [0.25, 0.3) is 22.3 Å². The van der Waals surface area contributed by atoms with Gasteiger partial charge in [-0.05, 0) is 71.8 Å². The van der Waals surface area contributed by atoms with Crippen molar-refractivity contribution in [1.82, 2.24) is 10.6 Å². The molecule has 0 radical (unpaired) electrons. The maximum atomic E-state index is 14.1. The van der Waals surface area contributed by atoms with E-state index < -0.39 is 17.5 Å². The minimum absolute atomic E-state index is 0. The Morgan fingerprint density at radius 2 is 1.24 bits per heavy atom. The van der Waals surface area contributed by atoms with Gasteiger partial charge >= 0.3 is 0 Å². The molecule has 2 aliphatic rings. The average molecular weight is 618 g/mol. The molecular weight excluding hydrogens is 590 g/mol. The zero-order valence-corrected chi connectivity index (χ0v) is 23.8. The van der Waals surface area contributed by atoms with Gasteiger partial charge in [-0.25, -0.2) is 13.2 Å². The van der Waals surface area contributed by atoms with Crippen LogP contribution in [0.2, 0.25) is 0 Å². The number of hydrogen-bond donors (Lipinski definition) is 3. The second kappa shape index (κ2) is 13.5. The lowest BCUT2D eigenvalue weighted by atomic mass is 10.0. The third-order valence-electron chi connectivity index (χ3n) is 6.94. The maximum Gasteiger partial charge on any atom is 0.255 e. The predicted octanol–water partition coefficient (Wildman–Crippen LogP) is 6.24. The van der Waals surface area contributed by atoms with Crippen LogP contribution in [0, 0.1) is 17.5 Å². The largest absolute Gasteiger partial charge is 0.487 e. The highest BCUT2D eigenvalue weighted by atomic mass is 35.5. The number of benzene rings is 4. The van der Waals surface area contributed by atoms with Crippen LogP contribution in [-0.2, 0) is 0 Å². The molecule has 0 atom stereocenters. The highest BCUT2D eigenvalue weighted by Gasteiger charge is 2.23. The molecule has 4 aromatic rings. The summed E-state index contributed by atoms with van der Waals surface area (Å²) in [6.45, 7) is 2.82. The molecule has 2 saturated heterocycles. The third-order valence-corrected chi connectivity index (χ3v) is 6.94. The summed E-state index contributed by atoms with van der Waals surface area (Å²) in [7, 11) is 0. The first-order valence-electron chi connectivity index (χ1n) is 13.0. The van der Waals surface area contributed by atoms with Gasteiger partial charge in [-0.1, -0.05) is 18.2 Å². The number of halogens is 5. The zero-order chi connectivity index (χ0) is 27.6. The molecule has 4 aromatic carbocycles. The van der Waals surface area contributed by atoms with E-state index in [1.807, 2.05) is 0 Å². The second-order valence-corrected chi connectivity index (χ2v) is 9.81. The smallest absolute Gasteiger partial charge is 0.255 e. The normalized spacial score (nSPS) is 14.5. The van der Waals surface area contributed by atoms with Gasteiger partial charge < -0.3 is 25.4 Å². The minimum atomic E-state index is -0.989. The molecule has 0 spiro atoms. The topological polar surface area (TPSA) is 71.6 Å². The SMILES string of the molecule is Cl.Cl.O=C(Nc1ccc(OC2CNC2)c(-c2ccc(F)cc2)c1)c1ccc(OC2CNC2)c(-c2ccc(F)c(F)c2)c1. The molecule has 0 aliphatic carbocycles. The Bertz CT molecular complexity index is 1570. The molecule has 3 N–H and O–H groups in total. The van der Waals surface area contributed by atoms with Gasteiger partial charge in [0.25, 0.3) is 5.91 Å². The van der Waals surface area contributed by atoms with Crippen LogP contribution in [-0.4, -0.2) is 44.3 Å². The zero-order valence-electron chi connectivity index (χ0n) is 22.2. The van der Waals surface area contributed by atoms with Crippen molar-refractivity contribution in [3.8, 4) is 33.8 Å². The lowest BCUT2D eigenvalue weighted by Gasteiger charge is -2.29. The Morgan fingerprint density at radius 1 is 0.667 bits per heavy atom. The molecule has 2 fully saturated rings. The van der Waals surface area contributed by atoms with E-state index in [1.54, 1.807) is 48.5 Å². The fraction of sp³-hybridized carbons (Fsp3) is 0.194. The Hall–Kier alpha value is -3.76. The van der Waals surface area contributed by atoms with Crippen molar-refractivity contribution in [1.29, 1.82) is 0 Å². The van der Waals surface area contributed by atoms with E-state index in [2.05, 4.69) is 16.0 Å². The summed E-state index contributed by atoms with van der Waals surface area (Å²) in [6.07, 6.45) is -0.0177. The van der Waals surface area contributed by atoms with Crippen LogP contribution < -0.4 is 25.4 Å². The molecule has 11 heteroatoms. The van der Waals surface area contributed by atoms with Crippen LogP contribution in [0.5, 0.6) is 11.5 Å². The molecule has 6 nitrogen and oxygen atoms in total. The first-order chi connectivity index (χ1) is 19.4. The van der Waals surface area contributed by atoms with Crippen molar-refractivity contribution in [2.45, 2.75) is 12.2 Å². The number of anilines is 1. The van der Waals surface area contributed by atoms with Gasteiger partial charge in [0.2, 0.25) is 0 Å². The van der Waals surface area contributed by atoms with E-state index in [0.717, 1.165) is 30.8 Å². The van der Waals surface area contributed by atoms with Crippen LogP contribution in [0.1, 0.15) is 10.4 Å². The van der Waals surface area contributed by atoms with E-state index >= 15 is 0 Å². The molecule has 6 rings (SSSR count). The lowest BCUT2D eigenvalue weighted by molar-refractivity contribution is 0.102. The predicted molar refractivity (Wildman–Crippen MR) is 161 cm³/mol. The summed E-state index contributed by atoms with van der Waals surface area (Å²) in [5.41, 5.74) is 3.14. The number of amides is 1. The monoisotopic (exact) mass is 617 g/mol. The fourth-order valence-corrected chi connectivity index (χ4v) is 4.48. The van der Waals surface area contributed by atoms with Gasteiger partial charge in [0.05, 0.1) is 0 Å². The average Bonchev–Trinajstić information content (AvgIpc) is 2.91. The lowest BCUT2D eigenvalue weighted by Crippen LogP contribution is -2.50. The fourth-order valence-electron chi connectivity index (χ4n) is 4.48. The first-order valence-corrected chi connectivity index (χ1v) is 13.0. The molecule has 1 amide bonds. The Balaban J connectivity index is 0.00000202. The van der Waals surface area contributed by atoms with E-state index in [-0.39, 0.29) is 42.8 Å². The van der Waals surface area contributed by atoms with Gasteiger partial charge in [0.15, 0.2) is 11.6 Å². The highest BCUT2D eigenvalue weighted by Crippen LogP contribution is 2.36. The van der Waals surface area contributed by atoms with E-state index in [0.29, 0.717) is 52.5 Å². The summed E-state index contributed by atoms with van der Waals surface area (Å²) in [5, 5.41) is 9.19. The van der Waals surface area contributed by atoms with Crippen LogP contribution in [0.4, 0.5) is 18.9 Å². The summed E-state index contributed by atoms with van der Waals surface area (Å²) < 4.78 is 53.4. The van der Waals surface area contributed by atoms with Crippen molar-refractivity contribution in [3.05, 3.63) is 102 Å². The molecule has 0 aromatic heterocycles. The summed E-state index contributed by atoms with van der Waals surface area (Å²) in [6, 6.07) is 19.8. The quantitative estimate of drug-likeness (QED) is 0.218. The van der Waals surface area contributed by atoms with Crippen molar-refractivity contribution < 1.29 is 27.4 Å². The van der Waals surface area contributed by atoms with E-state index in [4.69, 9.17) is 9.47 Å². The van der Waals surface area contributed by atoms with Gasteiger partial charge in [0, 0.05) is 48.6 Å². The van der Waals surface area contributed by atoms with Crippen LogP contribution >= 0.6 is 24.8 Å². The second-order valence-electron chi connectivity index (χ2n) is 9.81. The summed E-state index contributed by atoms with van der Waals surface area (Å²) in [5.74, 6) is -1.60. The van der Waals surface area contributed by atoms with Gasteiger partial charge in [0.1, 0.15) is 29.5 Å².